The summed E-state index contributed by atoms with van der Waals surface area (Å²) >= 11 is 0. The zero-order valence-corrected chi connectivity index (χ0v) is 13.2. The summed E-state index contributed by atoms with van der Waals surface area (Å²) in [6, 6.07) is 18.4. The summed E-state index contributed by atoms with van der Waals surface area (Å²) in [5, 5.41) is 1.06. The van der Waals surface area contributed by atoms with Crippen molar-refractivity contribution in [3.8, 4) is 11.5 Å². The molecule has 0 N–H and O–H groups in total. The highest BCUT2D eigenvalue weighted by molar-refractivity contribution is 5.85. The molecule has 2 nitrogen and oxygen atoms in total. The normalized spacial score (nSPS) is 10.8. The van der Waals surface area contributed by atoms with Gasteiger partial charge in [-0.1, -0.05) is 43.2 Å². The van der Waals surface area contributed by atoms with Crippen LogP contribution >= 0.6 is 0 Å². The first kappa shape index (κ1) is 14.6. The molecule has 0 fully saturated rings. The molecular formula is C20H21NO. The molecule has 0 saturated carbocycles. The van der Waals surface area contributed by atoms with Crippen molar-refractivity contribution in [1.29, 1.82) is 0 Å². The van der Waals surface area contributed by atoms with E-state index in [1.54, 1.807) is 0 Å². The monoisotopic (exact) mass is 291 g/mol. The van der Waals surface area contributed by atoms with E-state index in [2.05, 4.69) is 38.1 Å². The molecule has 0 aliphatic heterocycles. The van der Waals surface area contributed by atoms with Crippen LogP contribution in [-0.4, -0.2) is 4.98 Å². The lowest BCUT2D eigenvalue weighted by molar-refractivity contribution is 0.486. The SMILES string of the molecule is CCCCc1cc(Oc2ccc(C)cc2)c2ccccc2n1. The number of fused-ring (bicyclic) bond motifs is 1. The van der Waals surface area contributed by atoms with Gasteiger partial charge in [0, 0.05) is 17.1 Å². The van der Waals surface area contributed by atoms with Crippen molar-refractivity contribution in [1.82, 2.24) is 4.98 Å². The minimum Gasteiger partial charge on any atom is -0.457 e. The van der Waals surface area contributed by atoms with Crippen LogP contribution in [0.15, 0.2) is 54.6 Å². The molecule has 2 heteroatoms. The van der Waals surface area contributed by atoms with Crippen LogP contribution in [0.25, 0.3) is 10.9 Å². The molecule has 0 atom stereocenters. The lowest BCUT2D eigenvalue weighted by atomic mass is 10.1. The largest absolute Gasteiger partial charge is 0.457 e. The highest BCUT2D eigenvalue weighted by Gasteiger charge is 2.08. The van der Waals surface area contributed by atoms with Crippen LogP contribution in [0.5, 0.6) is 11.5 Å². The lowest BCUT2D eigenvalue weighted by Crippen LogP contribution is -1.94. The third-order valence-corrected chi connectivity index (χ3v) is 3.77. The summed E-state index contributed by atoms with van der Waals surface area (Å²) in [5.74, 6) is 1.75. The number of aryl methyl sites for hydroxylation is 2. The Morgan fingerprint density at radius 1 is 1.00 bits per heavy atom. The molecule has 2 aromatic carbocycles. The Bertz CT molecular complexity index is 762. The molecule has 1 aromatic heterocycles. The molecule has 0 unspecified atom stereocenters. The summed E-state index contributed by atoms with van der Waals surface area (Å²) < 4.78 is 6.13. The molecule has 1 heterocycles. The van der Waals surface area contributed by atoms with E-state index >= 15 is 0 Å². The predicted molar refractivity (Wildman–Crippen MR) is 91.6 cm³/mol. The Morgan fingerprint density at radius 3 is 2.55 bits per heavy atom. The Balaban J connectivity index is 2.00. The highest BCUT2D eigenvalue weighted by Crippen LogP contribution is 2.30. The van der Waals surface area contributed by atoms with Crippen molar-refractivity contribution < 1.29 is 4.74 Å². The number of aromatic nitrogens is 1. The van der Waals surface area contributed by atoms with Crippen LogP contribution in [0.3, 0.4) is 0 Å². The van der Waals surface area contributed by atoms with Crippen molar-refractivity contribution in [3.63, 3.8) is 0 Å². The Labute approximate surface area is 131 Å². The topological polar surface area (TPSA) is 22.1 Å². The van der Waals surface area contributed by atoms with Crippen LogP contribution < -0.4 is 4.74 Å². The number of pyridine rings is 1. The number of unbranched alkanes of at least 4 members (excludes halogenated alkanes) is 1. The summed E-state index contributed by atoms with van der Waals surface area (Å²) in [7, 11) is 0. The van der Waals surface area contributed by atoms with Crippen LogP contribution in [0, 0.1) is 6.92 Å². The van der Waals surface area contributed by atoms with Gasteiger partial charge in [-0.25, -0.2) is 0 Å². The highest BCUT2D eigenvalue weighted by atomic mass is 16.5. The predicted octanol–water partition coefficient (Wildman–Crippen LogP) is 5.68. The summed E-state index contributed by atoms with van der Waals surface area (Å²) in [5.41, 5.74) is 3.33. The van der Waals surface area contributed by atoms with E-state index in [4.69, 9.17) is 9.72 Å². The number of benzene rings is 2. The fraction of sp³-hybridized carbons (Fsp3) is 0.250. The molecule has 3 aromatic rings. The van der Waals surface area contributed by atoms with Gasteiger partial charge in [0.1, 0.15) is 11.5 Å². The van der Waals surface area contributed by atoms with Gasteiger partial charge in [-0.05, 0) is 44.0 Å². The van der Waals surface area contributed by atoms with Crippen LogP contribution in [0.2, 0.25) is 0 Å². The van der Waals surface area contributed by atoms with Crippen molar-refractivity contribution in [3.05, 3.63) is 65.9 Å². The maximum Gasteiger partial charge on any atom is 0.138 e. The smallest absolute Gasteiger partial charge is 0.138 e. The number of rotatable bonds is 5. The first-order valence-corrected chi connectivity index (χ1v) is 7.89. The van der Waals surface area contributed by atoms with E-state index in [0.717, 1.165) is 40.9 Å². The van der Waals surface area contributed by atoms with Gasteiger partial charge in [0.05, 0.1) is 5.52 Å². The van der Waals surface area contributed by atoms with Crippen molar-refractivity contribution in [2.75, 3.05) is 0 Å². The quantitative estimate of drug-likeness (QED) is 0.603. The van der Waals surface area contributed by atoms with E-state index in [1.807, 2.05) is 30.3 Å². The van der Waals surface area contributed by atoms with Gasteiger partial charge in [0.2, 0.25) is 0 Å². The van der Waals surface area contributed by atoms with E-state index < -0.39 is 0 Å². The zero-order valence-electron chi connectivity index (χ0n) is 13.2. The average molecular weight is 291 g/mol. The van der Waals surface area contributed by atoms with Gasteiger partial charge in [0.15, 0.2) is 0 Å². The molecule has 0 bridgehead atoms. The summed E-state index contributed by atoms with van der Waals surface area (Å²) in [6.45, 7) is 4.28. The maximum atomic E-state index is 6.13. The maximum absolute atomic E-state index is 6.13. The molecule has 0 aliphatic carbocycles. The Morgan fingerprint density at radius 2 is 1.77 bits per heavy atom. The second kappa shape index (κ2) is 6.61. The summed E-state index contributed by atoms with van der Waals surface area (Å²) in [4.78, 5) is 4.75. The fourth-order valence-electron chi connectivity index (χ4n) is 2.50. The molecular weight excluding hydrogens is 270 g/mol. The van der Waals surface area contributed by atoms with E-state index in [9.17, 15) is 0 Å². The number of hydrogen-bond acceptors (Lipinski definition) is 2. The van der Waals surface area contributed by atoms with Gasteiger partial charge >= 0.3 is 0 Å². The standard InChI is InChI=1S/C20H21NO/c1-3-4-7-16-14-20(18-8-5-6-9-19(18)21-16)22-17-12-10-15(2)11-13-17/h5-6,8-14H,3-4,7H2,1-2H3. The second-order valence-electron chi connectivity index (χ2n) is 5.65. The van der Waals surface area contributed by atoms with Gasteiger partial charge in [-0.15, -0.1) is 0 Å². The number of ether oxygens (including phenoxy) is 1. The molecule has 112 valence electrons. The Hall–Kier alpha value is -2.35. The number of nitrogens with zero attached hydrogens (tertiary/aromatic N) is 1. The fourth-order valence-corrected chi connectivity index (χ4v) is 2.50. The first-order valence-electron chi connectivity index (χ1n) is 7.89. The third-order valence-electron chi connectivity index (χ3n) is 3.77. The second-order valence-corrected chi connectivity index (χ2v) is 5.65. The lowest BCUT2D eigenvalue weighted by Gasteiger charge is -2.11. The Kier molecular flexibility index (Phi) is 4.38. The molecule has 22 heavy (non-hydrogen) atoms. The zero-order chi connectivity index (χ0) is 15.4. The van der Waals surface area contributed by atoms with Crippen molar-refractivity contribution in [2.24, 2.45) is 0 Å². The van der Waals surface area contributed by atoms with Gasteiger partial charge < -0.3 is 4.74 Å². The van der Waals surface area contributed by atoms with Crippen molar-refractivity contribution >= 4 is 10.9 Å². The molecule has 0 spiro atoms. The van der Waals surface area contributed by atoms with Gasteiger partial charge in [0.25, 0.3) is 0 Å². The molecule has 0 saturated heterocycles. The van der Waals surface area contributed by atoms with E-state index in [-0.39, 0.29) is 0 Å². The van der Waals surface area contributed by atoms with E-state index in [0.29, 0.717) is 0 Å². The number of para-hydroxylation sites is 1. The first-order chi connectivity index (χ1) is 10.8. The number of hydrogen-bond donors (Lipinski definition) is 0. The minimum atomic E-state index is 0.864. The molecule has 0 aliphatic rings. The van der Waals surface area contributed by atoms with E-state index in [1.165, 1.54) is 12.0 Å². The average Bonchev–Trinajstić information content (AvgIpc) is 2.55. The van der Waals surface area contributed by atoms with Crippen LogP contribution in [0.1, 0.15) is 31.0 Å². The summed E-state index contributed by atoms with van der Waals surface area (Å²) in [6.07, 6.45) is 3.31. The molecule has 0 amide bonds. The van der Waals surface area contributed by atoms with Crippen LogP contribution in [-0.2, 0) is 6.42 Å². The molecule has 0 radical (unpaired) electrons. The van der Waals surface area contributed by atoms with Crippen LogP contribution in [0.4, 0.5) is 0 Å². The minimum absolute atomic E-state index is 0.864. The third kappa shape index (κ3) is 3.28. The van der Waals surface area contributed by atoms with Gasteiger partial charge in [-0.3, -0.25) is 4.98 Å². The van der Waals surface area contributed by atoms with Crippen molar-refractivity contribution in [2.45, 2.75) is 33.1 Å². The molecule has 3 rings (SSSR count). The van der Waals surface area contributed by atoms with Gasteiger partial charge in [-0.2, -0.15) is 0 Å².